The highest BCUT2D eigenvalue weighted by molar-refractivity contribution is 7.15. The zero-order valence-corrected chi connectivity index (χ0v) is 13.8. The zero-order chi connectivity index (χ0) is 16.7. The first-order chi connectivity index (χ1) is 11.6. The predicted octanol–water partition coefficient (Wildman–Crippen LogP) is 1.21. The van der Waals surface area contributed by atoms with Crippen LogP contribution in [-0.2, 0) is 17.8 Å². The first-order valence-corrected chi connectivity index (χ1v) is 8.70. The van der Waals surface area contributed by atoms with Gasteiger partial charge in [0.05, 0.1) is 24.2 Å². The molecule has 1 aromatic carbocycles. The summed E-state index contributed by atoms with van der Waals surface area (Å²) in [6.07, 6.45) is 0.729. The van der Waals surface area contributed by atoms with Gasteiger partial charge in [-0.15, -0.1) is 11.3 Å². The van der Waals surface area contributed by atoms with Crippen molar-refractivity contribution in [2.24, 2.45) is 5.92 Å². The number of nitrogens with zero attached hydrogens (tertiary/aromatic N) is 2. The van der Waals surface area contributed by atoms with Crippen molar-refractivity contribution < 1.29 is 9.18 Å². The first-order valence-electron chi connectivity index (χ1n) is 7.88. The Morgan fingerprint density at radius 2 is 2.33 bits per heavy atom. The topological polar surface area (TPSA) is 83.3 Å². The fourth-order valence-electron chi connectivity index (χ4n) is 3.38. The summed E-state index contributed by atoms with van der Waals surface area (Å²) in [5, 5.41) is 0.552. The van der Waals surface area contributed by atoms with E-state index >= 15 is 0 Å². The van der Waals surface area contributed by atoms with Crippen molar-refractivity contribution in [2.45, 2.75) is 19.0 Å². The molecule has 3 heterocycles. The van der Waals surface area contributed by atoms with Crippen molar-refractivity contribution in [2.75, 3.05) is 18.8 Å². The molecule has 2 aromatic rings. The van der Waals surface area contributed by atoms with Gasteiger partial charge in [0.1, 0.15) is 5.82 Å². The summed E-state index contributed by atoms with van der Waals surface area (Å²) in [7, 11) is 0. The van der Waals surface area contributed by atoms with Gasteiger partial charge in [-0.25, -0.2) is 14.8 Å². The molecular weight excluding hydrogens is 329 g/mol. The molecule has 24 heavy (non-hydrogen) atoms. The SMILES string of the molecule is Nc1nc2c(s1)CN(C(=O)C1CNNC1c1cccc(F)c1)CC2. The Morgan fingerprint density at radius 1 is 1.46 bits per heavy atom. The van der Waals surface area contributed by atoms with Gasteiger partial charge in [-0.05, 0) is 17.7 Å². The van der Waals surface area contributed by atoms with Gasteiger partial charge in [0.15, 0.2) is 5.13 Å². The number of hydrazine groups is 1. The minimum atomic E-state index is -0.296. The number of rotatable bonds is 2. The second-order valence-corrected chi connectivity index (χ2v) is 7.21. The molecule has 1 saturated heterocycles. The fourth-order valence-corrected chi connectivity index (χ4v) is 4.28. The zero-order valence-electron chi connectivity index (χ0n) is 13.0. The van der Waals surface area contributed by atoms with Crippen LogP contribution >= 0.6 is 11.3 Å². The van der Waals surface area contributed by atoms with Crippen LogP contribution in [0.4, 0.5) is 9.52 Å². The standard InChI is InChI=1S/C16H18FN5OS/c17-10-3-1-2-9(6-10)14-11(7-19-21-14)15(23)22-5-4-12-13(8-22)24-16(18)20-12/h1-3,6,11,14,19,21H,4-5,7-8H2,(H2,18,20). The largest absolute Gasteiger partial charge is 0.375 e. The molecule has 2 aliphatic heterocycles. The lowest BCUT2D eigenvalue weighted by molar-refractivity contribution is -0.136. The third-order valence-electron chi connectivity index (χ3n) is 4.57. The van der Waals surface area contributed by atoms with Gasteiger partial charge in [0.25, 0.3) is 0 Å². The molecule has 126 valence electrons. The Kier molecular flexibility index (Phi) is 3.95. The minimum Gasteiger partial charge on any atom is -0.375 e. The quantitative estimate of drug-likeness (QED) is 0.761. The van der Waals surface area contributed by atoms with Crippen molar-refractivity contribution in [3.8, 4) is 0 Å². The lowest BCUT2D eigenvalue weighted by atomic mass is 9.93. The molecule has 0 radical (unpaired) electrons. The number of nitrogen functional groups attached to an aromatic ring is 1. The van der Waals surface area contributed by atoms with E-state index in [2.05, 4.69) is 15.8 Å². The maximum absolute atomic E-state index is 13.5. The summed E-state index contributed by atoms with van der Waals surface area (Å²) in [5.41, 5.74) is 13.7. The number of anilines is 1. The number of fused-ring (bicyclic) bond motifs is 1. The van der Waals surface area contributed by atoms with Crippen molar-refractivity contribution in [1.29, 1.82) is 0 Å². The number of benzene rings is 1. The van der Waals surface area contributed by atoms with Crippen LogP contribution in [0.2, 0.25) is 0 Å². The molecule has 2 atom stereocenters. The van der Waals surface area contributed by atoms with Crippen LogP contribution in [0.1, 0.15) is 22.2 Å². The summed E-state index contributed by atoms with van der Waals surface area (Å²) < 4.78 is 13.5. The van der Waals surface area contributed by atoms with E-state index in [1.54, 1.807) is 6.07 Å². The number of thiazole rings is 1. The smallest absolute Gasteiger partial charge is 0.229 e. The van der Waals surface area contributed by atoms with Crippen LogP contribution in [0.15, 0.2) is 24.3 Å². The predicted molar refractivity (Wildman–Crippen MR) is 89.4 cm³/mol. The maximum Gasteiger partial charge on any atom is 0.229 e. The number of carbonyl (C=O) groups excluding carboxylic acids is 1. The van der Waals surface area contributed by atoms with Crippen LogP contribution in [0, 0.1) is 11.7 Å². The number of hydrogen-bond acceptors (Lipinski definition) is 6. The van der Waals surface area contributed by atoms with Gasteiger partial charge in [0.2, 0.25) is 5.91 Å². The molecule has 0 aliphatic carbocycles. The van der Waals surface area contributed by atoms with E-state index in [-0.39, 0.29) is 23.7 Å². The second kappa shape index (κ2) is 6.12. The molecule has 2 unspecified atom stereocenters. The third-order valence-corrected chi connectivity index (χ3v) is 5.48. The highest BCUT2D eigenvalue weighted by atomic mass is 32.1. The molecule has 0 bridgehead atoms. The highest BCUT2D eigenvalue weighted by Gasteiger charge is 2.37. The maximum atomic E-state index is 13.5. The number of halogens is 1. The number of nitrogens with one attached hydrogen (secondary N) is 2. The normalized spacial score (nSPS) is 23.3. The van der Waals surface area contributed by atoms with Crippen LogP contribution in [-0.4, -0.2) is 28.9 Å². The Bertz CT molecular complexity index is 780. The molecular formula is C16H18FN5OS. The summed E-state index contributed by atoms with van der Waals surface area (Å²) in [6, 6.07) is 6.15. The Balaban J connectivity index is 1.53. The average Bonchev–Trinajstić information content (AvgIpc) is 3.18. The molecule has 1 aromatic heterocycles. The average molecular weight is 347 g/mol. The Labute approximate surface area is 142 Å². The van der Waals surface area contributed by atoms with Crippen molar-refractivity contribution >= 4 is 22.4 Å². The van der Waals surface area contributed by atoms with Crippen LogP contribution in [0.5, 0.6) is 0 Å². The van der Waals surface area contributed by atoms with Crippen LogP contribution < -0.4 is 16.6 Å². The van der Waals surface area contributed by atoms with Crippen molar-refractivity contribution in [3.05, 3.63) is 46.2 Å². The Morgan fingerprint density at radius 3 is 3.17 bits per heavy atom. The third kappa shape index (κ3) is 2.77. The van der Waals surface area contributed by atoms with Gasteiger partial charge < -0.3 is 10.6 Å². The molecule has 2 aliphatic rings. The first kappa shape index (κ1) is 15.5. The lowest BCUT2D eigenvalue weighted by Gasteiger charge is -2.30. The number of aromatic nitrogens is 1. The number of amides is 1. The summed E-state index contributed by atoms with van der Waals surface area (Å²) in [5.74, 6) is -0.492. The van der Waals surface area contributed by atoms with Crippen molar-refractivity contribution in [3.63, 3.8) is 0 Å². The molecule has 6 nitrogen and oxygen atoms in total. The van der Waals surface area contributed by atoms with Crippen molar-refractivity contribution in [1.82, 2.24) is 20.7 Å². The van der Waals surface area contributed by atoms with Crippen LogP contribution in [0.3, 0.4) is 0 Å². The van der Waals surface area contributed by atoms with Gasteiger partial charge in [-0.2, -0.15) is 0 Å². The van der Waals surface area contributed by atoms with E-state index in [1.807, 2.05) is 11.0 Å². The van der Waals surface area contributed by atoms with Gasteiger partial charge in [0, 0.05) is 24.4 Å². The van der Waals surface area contributed by atoms with E-state index in [9.17, 15) is 9.18 Å². The van der Waals surface area contributed by atoms with Gasteiger partial charge in [-0.1, -0.05) is 12.1 Å². The second-order valence-electron chi connectivity index (χ2n) is 6.10. The molecule has 8 heteroatoms. The summed E-state index contributed by atoms with van der Waals surface area (Å²) >= 11 is 1.44. The number of carbonyl (C=O) groups is 1. The summed E-state index contributed by atoms with van der Waals surface area (Å²) in [6.45, 7) is 1.71. The molecule has 4 rings (SSSR count). The van der Waals surface area contributed by atoms with E-state index in [0.717, 1.165) is 22.6 Å². The molecule has 0 spiro atoms. The lowest BCUT2D eigenvalue weighted by Crippen LogP contribution is -2.41. The monoisotopic (exact) mass is 347 g/mol. The van der Waals surface area contributed by atoms with E-state index in [4.69, 9.17) is 5.73 Å². The number of nitrogens with two attached hydrogens (primary N) is 1. The minimum absolute atomic E-state index is 0.0689. The fraction of sp³-hybridized carbons (Fsp3) is 0.375. The van der Waals surface area contributed by atoms with Gasteiger partial charge in [-0.3, -0.25) is 10.2 Å². The van der Waals surface area contributed by atoms with E-state index in [0.29, 0.717) is 24.8 Å². The molecule has 1 amide bonds. The summed E-state index contributed by atoms with van der Waals surface area (Å²) in [4.78, 5) is 20.2. The van der Waals surface area contributed by atoms with Gasteiger partial charge >= 0.3 is 0 Å². The Hall–Kier alpha value is -2.03. The molecule has 4 N–H and O–H groups in total. The highest BCUT2D eigenvalue weighted by Crippen LogP contribution is 2.31. The van der Waals surface area contributed by atoms with Crippen LogP contribution in [0.25, 0.3) is 0 Å². The number of hydrogen-bond donors (Lipinski definition) is 3. The molecule has 0 saturated carbocycles. The van der Waals surface area contributed by atoms with E-state index in [1.165, 1.54) is 23.5 Å². The van der Waals surface area contributed by atoms with E-state index < -0.39 is 0 Å². The molecule has 1 fully saturated rings.